The van der Waals surface area contributed by atoms with E-state index in [0.29, 0.717) is 41.6 Å². The van der Waals surface area contributed by atoms with Crippen LogP contribution in [0.15, 0.2) is 48.0 Å². The Morgan fingerprint density at radius 1 is 1.03 bits per heavy atom. The van der Waals surface area contributed by atoms with Crippen molar-refractivity contribution in [3.05, 3.63) is 59.2 Å². The molecule has 0 spiro atoms. The molecular weight excluding hydrogens is 436 g/mol. The van der Waals surface area contributed by atoms with E-state index in [4.69, 9.17) is 20.6 Å². The highest BCUT2D eigenvalue weighted by Crippen LogP contribution is 2.30. The van der Waals surface area contributed by atoms with Gasteiger partial charge in [-0.3, -0.25) is 19.8 Å². The lowest BCUT2D eigenvalue weighted by Crippen LogP contribution is -2.53. The second-order valence-electron chi connectivity index (χ2n) is 7.34. The zero-order valence-corrected chi connectivity index (χ0v) is 19.1. The number of urea groups is 1. The van der Waals surface area contributed by atoms with Crippen LogP contribution < -0.4 is 19.5 Å². The van der Waals surface area contributed by atoms with Gasteiger partial charge in [-0.15, -0.1) is 6.42 Å². The lowest BCUT2D eigenvalue weighted by Gasteiger charge is -2.26. The van der Waals surface area contributed by atoms with Crippen LogP contribution in [0.3, 0.4) is 0 Å². The summed E-state index contributed by atoms with van der Waals surface area (Å²) in [5.41, 5.74) is 1.04. The highest BCUT2D eigenvalue weighted by molar-refractivity contribution is 6.30. The molecule has 0 aromatic heterocycles. The average molecular weight is 463 g/mol. The molecule has 34 heavy (non-hydrogen) atoms. The van der Waals surface area contributed by atoms with E-state index in [2.05, 4.69) is 11.2 Å². The number of barbiturate groups is 1. The third-order valence-corrected chi connectivity index (χ3v) is 4.79. The average Bonchev–Trinajstić information content (AvgIpc) is 2.83. The normalized spacial score (nSPS) is 14.6. The van der Waals surface area contributed by atoms with Crippen LogP contribution in [0.4, 0.5) is 4.79 Å². The number of imide groups is 2. The third kappa shape index (κ3) is 5.95. The van der Waals surface area contributed by atoms with Gasteiger partial charge in [0.25, 0.3) is 11.8 Å². The number of ether oxygens (including phenoxy) is 3. The molecule has 176 valence electrons. The Balaban J connectivity index is 1.84. The van der Waals surface area contributed by atoms with E-state index in [1.54, 1.807) is 42.5 Å². The first-order valence-corrected chi connectivity index (χ1v) is 10.9. The standard InChI is InChI=1S/C26H26N2O6/c1-4-12-33-20-9-7-8-18(14-20)15-21-24(29)27-26(31)28(25(21)30)17-19-10-11-22(34-13-5-2)23(16-19)32-6-3/h1,7-11,14-16H,5-6,12-13,17H2,2-3H3,(H,27,29,31)/b21-15-. The fraction of sp³-hybridized carbons (Fsp3) is 0.269. The minimum absolute atomic E-state index is 0.0469. The van der Waals surface area contributed by atoms with Crippen molar-refractivity contribution in [1.82, 2.24) is 10.2 Å². The maximum Gasteiger partial charge on any atom is 0.331 e. The summed E-state index contributed by atoms with van der Waals surface area (Å²) >= 11 is 0. The number of carbonyl (C=O) groups excluding carboxylic acids is 3. The highest BCUT2D eigenvalue weighted by atomic mass is 16.5. The van der Waals surface area contributed by atoms with Crippen LogP contribution in [0.1, 0.15) is 31.4 Å². The van der Waals surface area contributed by atoms with Crippen molar-refractivity contribution in [2.24, 2.45) is 0 Å². The molecule has 0 radical (unpaired) electrons. The Morgan fingerprint density at radius 3 is 2.59 bits per heavy atom. The third-order valence-electron chi connectivity index (χ3n) is 4.79. The van der Waals surface area contributed by atoms with E-state index in [-0.39, 0.29) is 18.7 Å². The Bertz CT molecular complexity index is 1150. The molecule has 8 heteroatoms. The van der Waals surface area contributed by atoms with E-state index in [1.165, 1.54) is 6.08 Å². The van der Waals surface area contributed by atoms with Gasteiger partial charge >= 0.3 is 6.03 Å². The monoisotopic (exact) mass is 462 g/mol. The summed E-state index contributed by atoms with van der Waals surface area (Å²) in [6.45, 7) is 4.87. The van der Waals surface area contributed by atoms with Gasteiger partial charge in [0, 0.05) is 0 Å². The zero-order chi connectivity index (χ0) is 24.5. The fourth-order valence-electron chi connectivity index (χ4n) is 3.26. The Hall–Kier alpha value is -4.25. The summed E-state index contributed by atoms with van der Waals surface area (Å²) in [7, 11) is 0. The summed E-state index contributed by atoms with van der Waals surface area (Å²) in [5.74, 6) is 2.52. The van der Waals surface area contributed by atoms with Crippen molar-refractivity contribution in [2.45, 2.75) is 26.8 Å². The number of nitrogens with one attached hydrogen (secondary N) is 1. The molecule has 2 aromatic rings. The van der Waals surface area contributed by atoms with Gasteiger partial charge in [-0.25, -0.2) is 4.79 Å². The minimum atomic E-state index is -0.789. The number of carbonyl (C=O) groups is 3. The van der Waals surface area contributed by atoms with Gasteiger partial charge in [-0.1, -0.05) is 31.0 Å². The maximum absolute atomic E-state index is 13.1. The van der Waals surface area contributed by atoms with Crippen molar-refractivity contribution in [3.63, 3.8) is 0 Å². The van der Waals surface area contributed by atoms with Gasteiger partial charge in [-0.05, 0) is 54.8 Å². The largest absolute Gasteiger partial charge is 0.490 e. The molecule has 1 saturated heterocycles. The summed E-state index contributed by atoms with van der Waals surface area (Å²) in [6, 6.07) is 11.2. The van der Waals surface area contributed by atoms with Crippen molar-refractivity contribution >= 4 is 23.9 Å². The second kappa shape index (κ2) is 11.6. The molecule has 1 aliphatic rings. The van der Waals surface area contributed by atoms with E-state index in [0.717, 1.165) is 11.3 Å². The summed E-state index contributed by atoms with van der Waals surface area (Å²) in [4.78, 5) is 38.9. The number of rotatable bonds is 10. The zero-order valence-electron chi connectivity index (χ0n) is 19.1. The Morgan fingerprint density at radius 2 is 1.85 bits per heavy atom. The maximum atomic E-state index is 13.1. The lowest BCUT2D eigenvalue weighted by atomic mass is 10.1. The van der Waals surface area contributed by atoms with Crippen molar-refractivity contribution in [2.75, 3.05) is 19.8 Å². The number of amides is 4. The molecule has 8 nitrogen and oxygen atoms in total. The summed E-state index contributed by atoms with van der Waals surface area (Å²) in [6.07, 6.45) is 7.47. The Labute approximate surface area is 198 Å². The van der Waals surface area contributed by atoms with Crippen LogP contribution in [-0.4, -0.2) is 42.6 Å². The van der Waals surface area contributed by atoms with Crippen LogP contribution >= 0.6 is 0 Å². The molecule has 1 heterocycles. The predicted octanol–water partition coefficient (Wildman–Crippen LogP) is 3.55. The van der Waals surface area contributed by atoms with Crippen LogP contribution in [0.25, 0.3) is 6.08 Å². The molecule has 0 bridgehead atoms. The fourth-order valence-corrected chi connectivity index (χ4v) is 3.26. The SMILES string of the molecule is C#CCOc1cccc(/C=C2/C(=O)NC(=O)N(Cc3ccc(OCCC)c(OCC)c3)C2=O)c1. The molecule has 1 N–H and O–H groups in total. The molecule has 4 amide bonds. The molecule has 3 rings (SSSR count). The first-order valence-electron chi connectivity index (χ1n) is 10.9. The molecular formula is C26H26N2O6. The minimum Gasteiger partial charge on any atom is -0.490 e. The topological polar surface area (TPSA) is 94.2 Å². The van der Waals surface area contributed by atoms with Crippen LogP contribution in [-0.2, 0) is 16.1 Å². The lowest BCUT2D eigenvalue weighted by molar-refractivity contribution is -0.130. The van der Waals surface area contributed by atoms with Crippen LogP contribution in [0, 0.1) is 12.3 Å². The number of benzene rings is 2. The van der Waals surface area contributed by atoms with E-state index in [9.17, 15) is 14.4 Å². The molecule has 0 atom stereocenters. The predicted molar refractivity (Wildman–Crippen MR) is 126 cm³/mol. The molecule has 1 aliphatic heterocycles. The van der Waals surface area contributed by atoms with Gasteiger partial charge < -0.3 is 14.2 Å². The number of hydrogen-bond donors (Lipinski definition) is 1. The smallest absolute Gasteiger partial charge is 0.331 e. The summed E-state index contributed by atoms with van der Waals surface area (Å²) < 4.78 is 16.7. The van der Waals surface area contributed by atoms with Crippen LogP contribution in [0.5, 0.6) is 17.2 Å². The van der Waals surface area contributed by atoms with Crippen molar-refractivity contribution in [1.29, 1.82) is 0 Å². The second-order valence-corrected chi connectivity index (χ2v) is 7.34. The molecule has 0 saturated carbocycles. The van der Waals surface area contributed by atoms with Crippen molar-refractivity contribution in [3.8, 4) is 29.6 Å². The van der Waals surface area contributed by atoms with E-state index in [1.807, 2.05) is 13.8 Å². The molecule has 0 aliphatic carbocycles. The number of terminal acetylenes is 1. The summed E-state index contributed by atoms with van der Waals surface area (Å²) in [5, 5.41) is 2.22. The van der Waals surface area contributed by atoms with E-state index < -0.39 is 17.8 Å². The van der Waals surface area contributed by atoms with Crippen molar-refractivity contribution < 1.29 is 28.6 Å². The van der Waals surface area contributed by atoms with Gasteiger partial charge in [0.2, 0.25) is 0 Å². The van der Waals surface area contributed by atoms with Crippen LogP contribution in [0.2, 0.25) is 0 Å². The quantitative estimate of drug-likeness (QED) is 0.330. The highest BCUT2D eigenvalue weighted by Gasteiger charge is 2.35. The van der Waals surface area contributed by atoms with Gasteiger partial charge in [0.05, 0.1) is 19.8 Å². The van der Waals surface area contributed by atoms with Gasteiger partial charge in [-0.2, -0.15) is 0 Å². The van der Waals surface area contributed by atoms with E-state index >= 15 is 0 Å². The Kier molecular flexibility index (Phi) is 8.30. The first kappa shape index (κ1) is 24.4. The molecule has 1 fully saturated rings. The van der Waals surface area contributed by atoms with Gasteiger partial charge in [0.1, 0.15) is 17.9 Å². The molecule has 2 aromatic carbocycles. The first-order chi connectivity index (χ1) is 16.5. The molecule has 0 unspecified atom stereocenters. The van der Waals surface area contributed by atoms with Gasteiger partial charge in [0.15, 0.2) is 11.5 Å². The number of hydrogen-bond acceptors (Lipinski definition) is 6. The number of nitrogens with zero attached hydrogens (tertiary/aromatic N) is 1.